The number of nitrogens with one attached hydrogen (secondary N) is 1. The maximum atomic E-state index is 13.2. The van der Waals surface area contributed by atoms with Gasteiger partial charge in [-0.2, -0.15) is 18.3 Å². The minimum Gasteiger partial charge on any atom is -0.323 e. The summed E-state index contributed by atoms with van der Waals surface area (Å²) in [5, 5.41) is 15.3. The second kappa shape index (κ2) is 9.24. The molecule has 1 amide bonds. The lowest BCUT2D eigenvalue weighted by molar-refractivity contribution is -0.137. The summed E-state index contributed by atoms with van der Waals surface area (Å²) >= 11 is 7.26. The van der Waals surface area contributed by atoms with Crippen molar-refractivity contribution in [3.63, 3.8) is 0 Å². The van der Waals surface area contributed by atoms with Crippen LogP contribution in [-0.4, -0.2) is 41.2 Å². The van der Waals surface area contributed by atoms with Crippen molar-refractivity contribution < 1.29 is 18.0 Å². The third-order valence-corrected chi connectivity index (χ3v) is 5.90. The maximum absolute atomic E-state index is 13.2. The lowest BCUT2D eigenvalue weighted by Gasteiger charge is -2.14. The standard InChI is InChI=1S/C20H15ClF3N7OS/c1-12-2-4-14(7-15(12)21)30-11-26-29-19(30)33-8-18(32)28-16-6-13(20(22,23)24)3-5-17(16)31-10-25-9-27-31/h2-7,9-11H,8H2,1H3,(H,28,32). The van der Waals surface area contributed by atoms with Crippen LogP contribution in [0.15, 0.2) is 60.5 Å². The maximum Gasteiger partial charge on any atom is 0.416 e. The Morgan fingerprint density at radius 3 is 2.70 bits per heavy atom. The number of anilines is 1. The number of aryl methyl sites for hydroxylation is 1. The summed E-state index contributed by atoms with van der Waals surface area (Å²) < 4.78 is 42.5. The molecule has 4 rings (SSSR count). The molecule has 8 nitrogen and oxygen atoms in total. The average Bonchev–Trinajstić information content (AvgIpc) is 3.46. The SMILES string of the molecule is Cc1ccc(-n2cnnc2SCC(=O)Nc2cc(C(F)(F)F)ccc2-n2cncn2)cc1Cl. The van der Waals surface area contributed by atoms with Crippen LogP contribution in [0.1, 0.15) is 11.1 Å². The Morgan fingerprint density at radius 2 is 2.00 bits per heavy atom. The fourth-order valence-electron chi connectivity index (χ4n) is 2.89. The van der Waals surface area contributed by atoms with E-state index in [0.29, 0.717) is 15.9 Å². The normalized spacial score (nSPS) is 11.5. The van der Waals surface area contributed by atoms with Crippen molar-refractivity contribution in [3.05, 3.63) is 71.5 Å². The summed E-state index contributed by atoms with van der Waals surface area (Å²) in [5.74, 6) is -0.650. The number of rotatable bonds is 6. The van der Waals surface area contributed by atoms with Crippen LogP contribution in [0.3, 0.4) is 0 Å². The molecule has 13 heteroatoms. The van der Waals surface area contributed by atoms with Gasteiger partial charge in [0, 0.05) is 5.02 Å². The Bertz CT molecular complexity index is 1290. The van der Waals surface area contributed by atoms with E-state index in [-0.39, 0.29) is 17.1 Å². The number of benzene rings is 2. The molecule has 2 heterocycles. The van der Waals surface area contributed by atoms with Gasteiger partial charge in [0.05, 0.1) is 28.4 Å². The number of hydrogen-bond donors (Lipinski definition) is 1. The molecule has 0 aliphatic carbocycles. The van der Waals surface area contributed by atoms with Crippen LogP contribution in [0.5, 0.6) is 0 Å². The summed E-state index contributed by atoms with van der Waals surface area (Å²) in [6.07, 6.45) is -0.525. The Labute approximate surface area is 194 Å². The van der Waals surface area contributed by atoms with Gasteiger partial charge in [0.2, 0.25) is 5.91 Å². The van der Waals surface area contributed by atoms with Gasteiger partial charge in [-0.3, -0.25) is 9.36 Å². The third kappa shape index (κ3) is 5.17. The smallest absolute Gasteiger partial charge is 0.323 e. The number of hydrogen-bond acceptors (Lipinski definition) is 6. The molecule has 0 radical (unpaired) electrons. The van der Waals surface area contributed by atoms with E-state index >= 15 is 0 Å². The molecule has 0 fully saturated rings. The summed E-state index contributed by atoms with van der Waals surface area (Å²) in [5.41, 5.74) is 0.922. The second-order valence-corrected chi connectivity index (χ2v) is 8.17. The molecule has 0 spiro atoms. The average molecular weight is 494 g/mol. The molecule has 0 saturated heterocycles. The number of carbonyl (C=O) groups excluding carboxylic acids is 1. The van der Waals surface area contributed by atoms with Gasteiger partial charge in [0.1, 0.15) is 19.0 Å². The van der Waals surface area contributed by atoms with Crippen LogP contribution in [-0.2, 0) is 11.0 Å². The Kier molecular flexibility index (Phi) is 6.38. The Hall–Kier alpha value is -3.38. The van der Waals surface area contributed by atoms with E-state index in [1.54, 1.807) is 10.6 Å². The third-order valence-electron chi connectivity index (χ3n) is 4.55. The van der Waals surface area contributed by atoms with Crippen molar-refractivity contribution in [1.29, 1.82) is 0 Å². The Morgan fingerprint density at radius 1 is 1.18 bits per heavy atom. The summed E-state index contributed by atoms with van der Waals surface area (Å²) in [4.78, 5) is 16.4. The first-order valence-electron chi connectivity index (χ1n) is 9.38. The van der Waals surface area contributed by atoms with Gasteiger partial charge < -0.3 is 5.32 Å². The lowest BCUT2D eigenvalue weighted by Crippen LogP contribution is -2.17. The van der Waals surface area contributed by atoms with Crippen LogP contribution < -0.4 is 5.32 Å². The zero-order valence-electron chi connectivity index (χ0n) is 16.9. The number of thioether (sulfide) groups is 1. The van der Waals surface area contributed by atoms with Gasteiger partial charge in [-0.15, -0.1) is 10.2 Å². The Balaban J connectivity index is 1.52. The van der Waals surface area contributed by atoms with Crippen LogP contribution in [0, 0.1) is 6.92 Å². The predicted octanol–water partition coefficient (Wildman–Crippen LogP) is 4.56. The van der Waals surface area contributed by atoms with E-state index < -0.39 is 17.6 Å². The van der Waals surface area contributed by atoms with Crippen molar-refractivity contribution in [2.24, 2.45) is 0 Å². The monoisotopic (exact) mass is 493 g/mol. The fraction of sp³-hybridized carbons (Fsp3) is 0.150. The molecule has 0 unspecified atom stereocenters. The van der Waals surface area contributed by atoms with Crippen LogP contribution in [0.2, 0.25) is 5.02 Å². The van der Waals surface area contributed by atoms with E-state index in [4.69, 9.17) is 11.6 Å². The van der Waals surface area contributed by atoms with Crippen LogP contribution in [0.4, 0.5) is 18.9 Å². The highest BCUT2D eigenvalue weighted by atomic mass is 35.5. The number of aromatic nitrogens is 6. The first-order chi connectivity index (χ1) is 15.7. The molecule has 0 aliphatic heterocycles. The van der Waals surface area contributed by atoms with Crippen LogP contribution in [0.25, 0.3) is 11.4 Å². The van der Waals surface area contributed by atoms with Crippen molar-refractivity contribution in [3.8, 4) is 11.4 Å². The molecule has 0 aliphatic rings. The first kappa shape index (κ1) is 22.8. The minimum absolute atomic E-state index is 0.0484. The number of nitrogens with zero attached hydrogens (tertiary/aromatic N) is 6. The minimum atomic E-state index is -4.57. The molecule has 0 bridgehead atoms. The number of carbonyl (C=O) groups is 1. The van der Waals surface area contributed by atoms with Gasteiger partial charge in [0.25, 0.3) is 0 Å². The molecule has 2 aromatic heterocycles. The topological polar surface area (TPSA) is 90.5 Å². The van der Waals surface area contributed by atoms with Gasteiger partial charge >= 0.3 is 6.18 Å². The van der Waals surface area contributed by atoms with Crippen LogP contribution >= 0.6 is 23.4 Å². The van der Waals surface area contributed by atoms with E-state index in [1.807, 2.05) is 19.1 Å². The zero-order valence-corrected chi connectivity index (χ0v) is 18.5. The first-order valence-corrected chi connectivity index (χ1v) is 10.7. The van der Waals surface area contributed by atoms with Gasteiger partial charge in [-0.1, -0.05) is 29.4 Å². The second-order valence-electron chi connectivity index (χ2n) is 6.82. The van der Waals surface area contributed by atoms with Crippen molar-refractivity contribution >= 4 is 35.0 Å². The predicted molar refractivity (Wildman–Crippen MR) is 117 cm³/mol. The molecular weight excluding hydrogens is 479 g/mol. The van der Waals surface area contributed by atoms with Crippen molar-refractivity contribution in [1.82, 2.24) is 29.5 Å². The fourth-order valence-corrected chi connectivity index (χ4v) is 3.80. The summed E-state index contributed by atoms with van der Waals surface area (Å²) in [6.45, 7) is 1.87. The van der Waals surface area contributed by atoms with Gasteiger partial charge in [0.15, 0.2) is 5.16 Å². The molecule has 1 N–H and O–H groups in total. The van der Waals surface area contributed by atoms with E-state index in [0.717, 1.165) is 29.5 Å². The molecule has 0 saturated carbocycles. The van der Waals surface area contributed by atoms with E-state index in [1.165, 1.54) is 29.7 Å². The number of alkyl halides is 3. The molecule has 0 atom stereocenters. The summed E-state index contributed by atoms with van der Waals surface area (Å²) in [6, 6.07) is 8.42. The van der Waals surface area contributed by atoms with Gasteiger partial charge in [-0.25, -0.2) is 9.67 Å². The van der Waals surface area contributed by atoms with Crippen molar-refractivity contribution in [2.45, 2.75) is 18.3 Å². The number of amides is 1. The zero-order chi connectivity index (χ0) is 23.6. The number of halogens is 4. The summed E-state index contributed by atoms with van der Waals surface area (Å²) in [7, 11) is 0. The highest BCUT2D eigenvalue weighted by molar-refractivity contribution is 7.99. The van der Waals surface area contributed by atoms with Gasteiger partial charge in [-0.05, 0) is 42.8 Å². The molecular formula is C20H15ClF3N7OS. The largest absolute Gasteiger partial charge is 0.416 e. The molecule has 33 heavy (non-hydrogen) atoms. The quantitative estimate of drug-likeness (QED) is 0.396. The molecule has 4 aromatic rings. The molecule has 170 valence electrons. The highest BCUT2D eigenvalue weighted by Crippen LogP contribution is 2.33. The lowest BCUT2D eigenvalue weighted by atomic mass is 10.1. The van der Waals surface area contributed by atoms with Crippen molar-refractivity contribution in [2.75, 3.05) is 11.1 Å². The highest BCUT2D eigenvalue weighted by Gasteiger charge is 2.31. The van der Waals surface area contributed by atoms with E-state index in [9.17, 15) is 18.0 Å². The molecule has 2 aromatic carbocycles. The van der Waals surface area contributed by atoms with E-state index in [2.05, 4.69) is 25.6 Å².